The van der Waals surface area contributed by atoms with Crippen LogP contribution in [0, 0.1) is 0 Å². The maximum absolute atomic E-state index is 9.09. The van der Waals surface area contributed by atoms with Gasteiger partial charge in [0, 0.05) is 15.0 Å². The number of hydrogen-bond acceptors (Lipinski definition) is 3. The van der Waals surface area contributed by atoms with E-state index >= 15 is 0 Å². The number of halogens is 1. The van der Waals surface area contributed by atoms with E-state index in [9.17, 15) is 0 Å². The summed E-state index contributed by atoms with van der Waals surface area (Å²) in [5, 5.41) is 12.7. The fourth-order valence-corrected chi connectivity index (χ4v) is 2.75. The lowest BCUT2D eigenvalue weighted by molar-refractivity contribution is 0.283. The van der Waals surface area contributed by atoms with Gasteiger partial charge in [-0.2, -0.15) is 0 Å². The Balaban J connectivity index is 2.87. The van der Waals surface area contributed by atoms with Crippen molar-refractivity contribution in [3.05, 3.63) is 28.1 Å². The highest BCUT2D eigenvalue weighted by Crippen LogP contribution is 2.35. The normalized spacial score (nSPS) is 11.0. The number of thiol groups is 1. The standard InChI is InChI=1S/C9H7ClOS2/c10-7-3-5(4-11)9-6(8(7)12)1-2-13-9/h1-3,11-12H,4H2. The molecule has 0 bridgehead atoms. The Morgan fingerprint density at radius 1 is 1.54 bits per heavy atom. The molecule has 1 aromatic carbocycles. The molecule has 0 fully saturated rings. The molecule has 0 aliphatic heterocycles. The predicted octanol–water partition coefficient (Wildman–Crippen LogP) is 3.34. The first-order valence-electron chi connectivity index (χ1n) is 3.72. The number of rotatable bonds is 1. The highest BCUT2D eigenvalue weighted by Gasteiger charge is 2.08. The monoisotopic (exact) mass is 230 g/mol. The number of aliphatic hydroxyl groups excluding tert-OH is 1. The SMILES string of the molecule is OCc1cc(Cl)c(S)c2ccsc12. The average Bonchev–Trinajstić information content (AvgIpc) is 2.60. The van der Waals surface area contributed by atoms with Crippen LogP contribution in [-0.4, -0.2) is 5.11 Å². The van der Waals surface area contributed by atoms with Gasteiger partial charge < -0.3 is 5.11 Å². The second-order valence-electron chi connectivity index (χ2n) is 2.69. The Hall–Kier alpha value is -0.220. The van der Waals surface area contributed by atoms with Gasteiger partial charge in [0.25, 0.3) is 0 Å². The lowest BCUT2D eigenvalue weighted by Crippen LogP contribution is -1.84. The Kier molecular flexibility index (Phi) is 2.51. The first kappa shape index (κ1) is 9.34. The van der Waals surface area contributed by atoms with E-state index in [1.807, 2.05) is 11.4 Å². The Bertz CT molecular complexity index is 450. The van der Waals surface area contributed by atoms with E-state index in [-0.39, 0.29) is 6.61 Å². The highest BCUT2D eigenvalue weighted by molar-refractivity contribution is 7.80. The molecule has 2 rings (SSSR count). The van der Waals surface area contributed by atoms with Crippen LogP contribution in [0.2, 0.25) is 5.02 Å². The molecular weight excluding hydrogens is 224 g/mol. The van der Waals surface area contributed by atoms with Crippen molar-refractivity contribution in [1.29, 1.82) is 0 Å². The van der Waals surface area contributed by atoms with Gasteiger partial charge in [-0.3, -0.25) is 0 Å². The van der Waals surface area contributed by atoms with E-state index in [2.05, 4.69) is 12.6 Å². The fourth-order valence-electron chi connectivity index (χ4n) is 1.28. The average molecular weight is 231 g/mol. The van der Waals surface area contributed by atoms with Crippen molar-refractivity contribution in [3.63, 3.8) is 0 Å². The summed E-state index contributed by atoms with van der Waals surface area (Å²) in [6.45, 7) is 0.0186. The lowest BCUT2D eigenvalue weighted by atomic mass is 10.2. The molecule has 1 heterocycles. The van der Waals surface area contributed by atoms with Crippen LogP contribution >= 0.6 is 35.6 Å². The van der Waals surface area contributed by atoms with Crippen LogP contribution in [-0.2, 0) is 6.61 Å². The number of thiophene rings is 1. The zero-order valence-corrected chi connectivity index (χ0v) is 9.09. The van der Waals surface area contributed by atoms with Gasteiger partial charge in [-0.15, -0.1) is 24.0 Å². The Morgan fingerprint density at radius 2 is 2.31 bits per heavy atom. The van der Waals surface area contributed by atoms with Crippen LogP contribution in [0.15, 0.2) is 22.4 Å². The third-order valence-electron chi connectivity index (χ3n) is 1.91. The molecule has 0 atom stereocenters. The van der Waals surface area contributed by atoms with Crippen LogP contribution in [0.1, 0.15) is 5.56 Å². The quantitative estimate of drug-likeness (QED) is 0.720. The first-order chi connectivity index (χ1) is 6.24. The van der Waals surface area contributed by atoms with E-state index in [0.29, 0.717) is 5.02 Å². The molecule has 1 aromatic heterocycles. The number of hydrogen-bond donors (Lipinski definition) is 2. The van der Waals surface area contributed by atoms with Crippen LogP contribution in [0.3, 0.4) is 0 Å². The third-order valence-corrected chi connectivity index (χ3v) is 3.81. The van der Waals surface area contributed by atoms with Crippen LogP contribution in [0.4, 0.5) is 0 Å². The van der Waals surface area contributed by atoms with Gasteiger partial charge in [0.2, 0.25) is 0 Å². The second kappa shape index (κ2) is 3.50. The topological polar surface area (TPSA) is 20.2 Å². The van der Waals surface area contributed by atoms with Gasteiger partial charge in [-0.05, 0) is 23.1 Å². The highest BCUT2D eigenvalue weighted by atomic mass is 35.5. The molecule has 0 amide bonds. The maximum Gasteiger partial charge on any atom is 0.0696 e. The van der Waals surface area contributed by atoms with Crippen molar-refractivity contribution in [1.82, 2.24) is 0 Å². The minimum atomic E-state index is 0.0186. The van der Waals surface area contributed by atoms with E-state index in [1.165, 1.54) is 0 Å². The van der Waals surface area contributed by atoms with Gasteiger partial charge in [0.1, 0.15) is 0 Å². The summed E-state index contributed by atoms with van der Waals surface area (Å²) in [5.74, 6) is 0. The molecule has 0 aliphatic rings. The smallest absolute Gasteiger partial charge is 0.0696 e. The molecular formula is C9H7ClOS2. The van der Waals surface area contributed by atoms with E-state index in [1.54, 1.807) is 17.4 Å². The predicted molar refractivity (Wildman–Crippen MR) is 60.0 cm³/mol. The fraction of sp³-hybridized carbons (Fsp3) is 0.111. The zero-order valence-electron chi connectivity index (χ0n) is 6.62. The number of aliphatic hydroxyl groups is 1. The number of benzene rings is 1. The molecule has 4 heteroatoms. The largest absolute Gasteiger partial charge is 0.392 e. The van der Waals surface area contributed by atoms with Gasteiger partial charge in [-0.25, -0.2) is 0 Å². The van der Waals surface area contributed by atoms with E-state index in [0.717, 1.165) is 20.5 Å². The molecule has 13 heavy (non-hydrogen) atoms. The molecule has 1 N–H and O–H groups in total. The zero-order chi connectivity index (χ0) is 9.42. The van der Waals surface area contributed by atoms with E-state index < -0.39 is 0 Å². The van der Waals surface area contributed by atoms with E-state index in [4.69, 9.17) is 16.7 Å². The summed E-state index contributed by atoms with van der Waals surface area (Å²) >= 11 is 11.8. The molecule has 0 saturated heterocycles. The molecule has 2 aromatic rings. The first-order valence-corrected chi connectivity index (χ1v) is 5.43. The molecule has 0 saturated carbocycles. The molecule has 0 radical (unpaired) electrons. The Morgan fingerprint density at radius 3 is 3.00 bits per heavy atom. The molecule has 0 spiro atoms. The second-order valence-corrected chi connectivity index (χ2v) is 4.46. The summed E-state index contributed by atoms with van der Waals surface area (Å²) in [6, 6.07) is 3.73. The summed E-state index contributed by atoms with van der Waals surface area (Å²) in [4.78, 5) is 0.787. The van der Waals surface area contributed by atoms with Crippen molar-refractivity contribution >= 4 is 45.7 Å². The van der Waals surface area contributed by atoms with Crippen molar-refractivity contribution in [2.24, 2.45) is 0 Å². The van der Waals surface area contributed by atoms with Crippen molar-refractivity contribution < 1.29 is 5.11 Å². The van der Waals surface area contributed by atoms with Gasteiger partial charge in [0.15, 0.2) is 0 Å². The Labute approximate surface area is 90.4 Å². The minimum absolute atomic E-state index is 0.0186. The van der Waals surface area contributed by atoms with Gasteiger partial charge in [-0.1, -0.05) is 11.6 Å². The van der Waals surface area contributed by atoms with Gasteiger partial charge >= 0.3 is 0 Å². The molecule has 1 nitrogen and oxygen atoms in total. The van der Waals surface area contributed by atoms with Crippen molar-refractivity contribution in [3.8, 4) is 0 Å². The van der Waals surface area contributed by atoms with Gasteiger partial charge in [0.05, 0.1) is 11.6 Å². The van der Waals surface area contributed by atoms with Crippen molar-refractivity contribution in [2.45, 2.75) is 11.5 Å². The maximum atomic E-state index is 9.09. The molecule has 0 unspecified atom stereocenters. The molecule has 68 valence electrons. The summed E-state index contributed by atoms with van der Waals surface area (Å²) in [7, 11) is 0. The van der Waals surface area contributed by atoms with Crippen molar-refractivity contribution in [2.75, 3.05) is 0 Å². The molecule has 0 aliphatic carbocycles. The summed E-state index contributed by atoms with van der Waals surface area (Å²) in [6.07, 6.45) is 0. The summed E-state index contributed by atoms with van der Waals surface area (Å²) in [5.41, 5.74) is 0.868. The van der Waals surface area contributed by atoms with Crippen LogP contribution < -0.4 is 0 Å². The minimum Gasteiger partial charge on any atom is -0.392 e. The number of fused-ring (bicyclic) bond motifs is 1. The summed E-state index contributed by atoms with van der Waals surface area (Å²) < 4.78 is 1.07. The van der Waals surface area contributed by atoms with Crippen LogP contribution in [0.25, 0.3) is 10.1 Å². The van der Waals surface area contributed by atoms with Crippen LogP contribution in [0.5, 0.6) is 0 Å². The lowest BCUT2D eigenvalue weighted by Gasteiger charge is -2.03. The third kappa shape index (κ3) is 1.46.